The van der Waals surface area contributed by atoms with E-state index in [1.807, 2.05) is 24.3 Å². The maximum absolute atomic E-state index is 13.9. The molecular weight excluding hydrogens is 487 g/mol. The van der Waals surface area contributed by atoms with E-state index in [9.17, 15) is 14.4 Å². The summed E-state index contributed by atoms with van der Waals surface area (Å²) in [6.07, 6.45) is -0.142. The Hall–Kier alpha value is -4.51. The van der Waals surface area contributed by atoms with Gasteiger partial charge in [-0.05, 0) is 55.2 Å². The standard InChI is InChI=1S/C30H29FN2O5/c1-18(2)13-14-35-21-8-6-7-20(15-21)28-23-12-11-22(16-27(23)38-29(33)24(28)17-32)37-30(34)19(3)36-26-10-5-4-9-25(26)31/h4-12,15-16,18-19,28H,13-14,33H2,1-3H3. The van der Waals surface area contributed by atoms with Crippen LogP contribution in [-0.2, 0) is 4.79 Å². The van der Waals surface area contributed by atoms with Gasteiger partial charge in [-0.3, -0.25) is 0 Å². The van der Waals surface area contributed by atoms with E-state index < -0.39 is 23.8 Å². The molecule has 7 nitrogen and oxygen atoms in total. The van der Waals surface area contributed by atoms with Gasteiger partial charge < -0.3 is 24.7 Å². The Morgan fingerprint density at radius 1 is 1.08 bits per heavy atom. The highest BCUT2D eigenvalue weighted by molar-refractivity contribution is 5.77. The van der Waals surface area contributed by atoms with Crippen molar-refractivity contribution in [3.63, 3.8) is 0 Å². The molecule has 0 fully saturated rings. The van der Waals surface area contributed by atoms with E-state index in [4.69, 9.17) is 24.7 Å². The Morgan fingerprint density at radius 3 is 2.61 bits per heavy atom. The SMILES string of the molecule is CC(C)CCOc1cccc(C2C(C#N)=C(N)Oc3cc(OC(=O)C(C)Oc4ccccc4F)ccc32)c1. The van der Waals surface area contributed by atoms with Crippen LogP contribution in [0.3, 0.4) is 0 Å². The first-order valence-corrected chi connectivity index (χ1v) is 12.3. The fourth-order valence-corrected chi connectivity index (χ4v) is 4.02. The monoisotopic (exact) mass is 516 g/mol. The van der Waals surface area contributed by atoms with Gasteiger partial charge >= 0.3 is 5.97 Å². The van der Waals surface area contributed by atoms with Crippen molar-refractivity contribution in [3.8, 4) is 29.1 Å². The van der Waals surface area contributed by atoms with E-state index in [1.54, 1.807) is 18.2 Å². The summed E-state index contributed by atoms with van der Waals surface area (Å²) in [5, 5.41) is 9.86. The van der Waals surface area contributed by atoms with Crippen LogP contribution in [0.25, 0.3) is 0 Å². The zero-order valence-electron chi connectivity index (χ0n) is 21.4. The number of esters is 1. The Kier molecular flexibility index (Phi) is 8.17. The van der Waals surface area contributed by atoms with E-state index in [1.165, 1.54) is 31.2 Å². The Balaban J connectivity index is 1.56. The first kappa shape index (κ1) is 26.6. The quantitative estimate of drug-likeness (QED) is 0.281. The van der Waals surface area contributed by atoms with Crippen molar-refractivity contribution in [2.24, 2.45) is 11.7 Å². The van der Waals surface area contributed by atoms with E-state index in [0.717, 1.165) is 12.0 Å². The molecule has 1 aliphatic heterocycles. The maximum atomic E-state index is 13.9. The van der Waals surface area contributed by atoms with E-state index in [-0.39, 0.29) is 23.0 Å². The lowest BCUT2D eigenvalue weighted by Gasteiger charge is -2.27. The summed E-state index contributed by atoms with van der Waals surface area (Å²) in [6, 6.07) is 20.3. The summed E-state index contributed by atoms with van der Waals surface area (Å²) in [5.41, 5.74) is 7.89. The predicted octanol–water partition coefficient (Wildman–Crippen LogP) is 5.84. The van der Waals surface area contributed by atoms with Gasteiger partial charge in [0.2, 0.25) is 5.88 Å². The second kappa shape index (κ2) is 11.7. The molecule has 0 saturated heterocycles. The molecule has 2 N–H and O–H groups in total. The number of benzene rings is 3. The molecule has 1 heterocycles. The fourth-order valence-electron chi connectivity index (χ4n) is 4.02. The number of allylic oxidation sites excluding steroid dienone is 1. The zero-order valence-corrected chi connectivity index (χ0v) is 21.4. The molecule has 2 atom stereocenters. The summed E-state index contributed by atoms with van der Waals surface area (Å²) in [7, 11) is 0. The van der Waals surface area contributed by atoms with Crippen LogP contribution in [0.1, 0.15) is 44.2 Å². The number of hydrogen-bond donors (Lipinski definition) is 1. The second-order valence-corrected chi connectivity index (χ2v) is 9.34. The van der Waals surface area contributed by atoms with Crippen LogP contribution < -0.4 is 24.7 Å². The van der Waals surface area contributed by atoms with Crippen molar-refractivity contribution in [3.05, 3.63) is 95.1 Å². The van der Waals surface area contributed by atoms with Gasteiger partial charge in [-0.15, -0.1) is 0 Å². The van der Waals surface area contributed by atoms with Gasteiger partial charge in [0.15, 0.2) is 17.7 Å². The number of fused-ring (bicyclic) bond motifs is 1. The van der Waals surface area contributed by atoms with Crippen LogP contribution in [0.4, 0.5) is 4.39 Å². The second-order valence-electron chi connectivity index (χ2n) is 9.34. The molecule has 0 bridgehead atoms. The first-order chi connectivity index (χ1) is 18.3. The minimum atomic E-state index is -1.06. The highest BCUT2D eigenvalue weighted by Gasteiger charge is 2.31. The molecule has 196 valence electrons. The number of carbonyl (C=O) groups is 1. The molecule has 0 saturated carbocycles. The largest absolute Gasteiger partial charge is 0.494 e. The number of ether oxygens (including phenoxy) is 4. The molecular formula is C30H29FN2O5. The van der Waals surface area contributed by atoms with Gasteiger partial charge in [0.05, 0.1) is 12.5 Å². The van der Waals surface area contributed by atoms with Gasteiger partial charge in [0.1, 0.15) is 28.9 Å². The number of nitrogens with two attached hydrogens (primary N) is 1. The average Bonchev–Trinajstić information content (AvgIpc) is 2.89. The van der Waals surface area contributed by atoms with Crippen LogP contribution in [0, 0.1) is 23.1 Å². The number of halogens is 1. The van der Waals surface area contributed by atoms with Crippen molar-refractivity contribution >= 4 is 5.97 Å². The summed E-state index contributed by atoms with van der Waals surface area (Å²) in [5.74, 6) is -0.112. The van der Waals surface area contributed by atoms with Gasteiger partial charge in [0.25, 0.3) is 0 Å². The minimum absolute atomic E-state index is 0.0316. The third-order valence-corrected chi connectivity index (χ3v) is 6.04. The molecule has 8 heteroatoms. The summed E-state index contributed by atoms with van der Waals surface area (Å²) in [4.78, 5) is 12.6. The van der Waals surface area contributed by atoms with Crippen molar-refractivity contribution in [2.45, 2.75) is 39.2 Å². The fraction of sp³-hybridized carbons (Fsp3) is 0.267. The summed E-state index contributed by atoms with van der Waals surface area (Å²) >= 11 is 0. The lowest BCUT2D eigenvalue weighted by Crippen LogP contribution is -2.29. The van der Waals surface area contributed by atoms with E-state index >= 15 is 0 Å². The van der Waals surface area contributed by atoms with Gasteiger partial charge in [-0.25, -0.2) is 9.18 Å². The molecule has 4 rings (SSSR count). The number of rotatable bonds is 9. The number of hydrogen-bond acceptors (Lipinski definition) is 7. The molecule has 3 aromatic rings. The maximum Gasteiger partial charge on any atom is 0.352 e. The van der Waals surface area contributed by atoms with Crippen LogP contribution in [0.2, 0.25) is 0 Å². The molecule has 38 heavy (non-hydrogen) atoms. The predicted molar refractivity (Wildman–Crippen MR) is 139 cm³/mol. The summed E-state index contributed by atoms with van der Waals surface area (Å²) in [6.45, 7) is 6.32. The van der Waals surface area contributed by atoms with Gasteiger partial charge in [-0.1, -0.05) is 44.2 Å². The van der Waals surface area contributed by atoms with Gasteiger partial charge in [-0.2, -0.15) is 5.26 Å². The van der Waals surface area contributed by atoms with Crippen LogP contribution in [0.15, 0.2) is 78.2 Å². The van der Waals surface area contributed by atoms with Gasteiger partial charge in [0, 0.05) is 11.6 Å². The van der Waals surface area contributed by atoms with Crippen molar-refractivity contribution < 1.29 is 28.1 Å². The van der Waals surface area contributed by atoms with E-state index in [2.05, 4.69) is 19.9 Å². The van der Waals surface area contributed by atoms with Crippen molar-refractivity contribution in [1.82, 2.24) is 0 Å². The topological polar surface area (TPSA) is 104 Å². The third-order valence-electron chi connectivity index (χ3n) is 6.04. The molecule has 0 spiro atoms. The number of nitriles is 1. The van der Waals surface area contributed by atoms with Crippen molar-refractivity contribution in [1.29, 1.82) is 5.26 Å². The van der Waals surface area contributed by atoms with Crippen LogP contribution in [-0.4, -0.2) is 18.7 Å². The molecule has 2 unspecified atom stereocenters. The minimum Gasteiger partial charge on any atom is -0.494 e. The summed E-state index contributed by atoms with van der Waals surface area (Å²) < 4.78 is 36.4. The highest BCUT2D eigenvalue weighted by atomic mass is 19.1. The molecule has 0 aromatic heterocycles. The molecule has 0 amide bonds. The Labute approximate surface area is 221 Å². The smallest absolute Gasteiger partial charge is 0.352 e. The molecule has 1 aliphatic rings. The van der Waals surface area contributed by atoms with Crippen LogP contribution >= 0.6 is 0 Å². The average molecular weight is 517 g/mol. The van der Waals surface area contributed by atoms with E-state index in [0.29, 0.717) is 29.6 Å². The van der Waals surface area contributed by atoms with Crippen LogP contribution in [0.5, 0.6) is 23.0 Å². The molecule has 0 aliphatic carbocycles. The van der Waals surface area contributed by atoms with Crippen molar-refractivity contribution in [2.75, 3.05) is 6.61 Å². The number of nitrogens with zero attached hydrogens (tertiary/aromatic N) is 1. The Morgan fingerprint density at radius 2 is 1.87 bits per heavy atom. The number of carbonyl (C=O) groups excluding carboxylic acids is 1. The molecule has 0 radical (unpaired) electrons. The first-order valence-electron chi connectivity index (χ1n) is 12.3. The number of para-hydroxylation sites is 1. The highest BCUT2D eigenvalue weighted by Crippen LogP contribution is 2.44. The normalized spacial score (nSPS) is 15.2. The Bertz CT molecular complexity index is 1400. The lowest BCUT2D eigenvalue weighted by molar-refractivity contribution is -0.141. The molecule has 3 aromatic carbocycles. The lowest BCUT2D eigenvalue weighted by atomic mass is 9.83. The zero-order chi connectivity index (χ0) is 27.2. The third kappa shape index (κ3) is 6.06.